The number of fused-ring (bicyclic) bond motifs is 4. The Kier molecular flexibility index (Phi) is 2.77. The quantitative estimate of drug-likeness (QED) is 0.879. The van der Waals surface area contributed by atoms with Gasteiger partial charge in [0.25, 0.3) is 5.91 Å². The summed E-state index contributed by atoms with van der Waals surface area (Å²) in [6.07, 6.45) is 0.834. The summed E-state index contributed by atoms with van der Waals surface area (Å²) in [4.78, 5) is 15.0. The monoisotopic (exact) mass is 309 g/mol. The van der Waals surface area contributed by atoms with Gasteiger partial charge in [-0.2, -0.15) is 0 Å². The van der Waals surface area contributed by atoms with Crippen molar-refractivity contribution in [2.75, 3.05) is 12.0 Å². The van der Waals surface area contributed by atoms with Gasteiger partial charge >= 0.3 is 0 Å². The number of carbonyl (C=O) groups is 1. The normalized spacial score (nSPS) is 20.7. The van der Waals surface area contributed by atoms with Gasteiger partial charge in [0.2, 0.25) is 0 Å². The Morgan fingerprint density at radius 2 is 2.00 bits per heavy atom. The maximum Gasteiger partial charge on any atom is 0.259 e. The average molecular weight is 309 g/mol. The van der Waals surface area contributed by atoms with Gasteiger partial charge in [-0.05, 0) is 35.7 Å². The molecule has 2 aromatic rings. The van der Waals surface area contributed by atoms with Gasteiger partial charge < -0.3 is 14.7 Å². The molecule has 0 spiro atoms. The molecule has 0 fully saturated rings. The Balaban J connectivity index is 1.96. The fourth-order valence-corrected chi connectivity index (χ4v) is 3.97. The van der Waals surface area contributed by atoms with E-state index in [-0.39, 0.29) is 23.1 Å². The molecule has 1 atom stereocenters. The molecule has 23 heavy (non-hydrogen) atoms. The lowest BCUT2D eigenvalue weighted by Crippen LogP contribution is -2.53. The zero-order valence-electron chi connectivity index (χ0n) is 13.5. The number of carbonyl (C=O) groups excluding carboxylic acids is 1. The number of amides is 1. The topological polar surface area (TPSA) is 49.8 Å². The molecule has 2 aliphatic rings. The molecule has 0 aromatic heterocycles. The molecule has 0 radical (unpaired) electrons. The van der Waals surface area contributed by atoms with E-state index in [0.29, 0.717) is 11.3 Å². The van der Waals surface area contributed by atoms with Crippen LogP contribution in [-0.2, 0) is 11.8 Å². The van der Waals surface area contributed by atoms with Crippen LogP contribution in [0, 0.1) is 0 Å². The number of phenolic OH excluding ortho intramolecular Hbond substituents is 1. The van der Waals surface area contributed by atoms with Crippen molar-refractivity contribution in [2.45, 2.75) is 31.7 Å². The van der Waals surface area contributed by atoms with E-state index in [1.165, 1.54) is 12.7 Å². The number of rotatable bonds is 1. The molecule has 0 aliphatic carbocycles. The van der Waals surface area contributed by atoms with Gasteiger partial charge in [-0.3, -0.25) is 4.79 Å². The van der Waals surface area contributed by atoms with E-state index < -0.39 is 0 Å². The van der Waals surface area contributed by atoms with Crippen LogP contribution in [0.3, 0.4) is 0 Å². The van der Waals surface area contributed by atoms with E-state index in [4.69, 9.17) is 4.74 Å². The van der Waals surface area contributed by atoms with Crippen LogP contribution >= 0.6 is 0 Å². The smallest absolute Gasteiger partial charge is 0.259 e. The zero-order valence-corrected chi connectivity index (χ0v) is 13.5. The summed E-state index contributed by atoms with van der Waals surface area (Å²) in [6.45, 7) is 4.27. The first-order valence-corrected chi connectivity index (χ1v) is 7.78. The van der Waals surface area contributed by atoms with Gasteiger partial charge in [-0.15, -0.1) is 0 Å². The SMILES string of the molecule is COc1cc2c(cc1O)C(C)(C)C1Cc3ccccc3N1C2=O. The largest absolute Gasteiger partial charge is 0.504 e. The lowest BCUT2D eigenvalue weighted by atomic mass is 9.71. The summed E-state index contributed by atoms with van der Waals surface area (Å²) < 4.78 is 5.19. The number of aromatic hydroxyl groups is 1. The number of hydrogen-bond acceptors (Lipinski definition) is 3. The van der Waals surface area contributed by atoms with Crippen LogP contribution < -0.4 is 9.64 Å². The van der Waals surface area contributed by atoms with Crippen LogP contribution in [0.25, 0.3) is 0 Å². The average Bonchev–Trinajstić information content (AvgIpc) is 2.93. The highest BCUT2D eigenvalue weighted by molar-refractivity contribution is 6.11. The van der Waals surface area contributed by atoms with Crippen molar-refractivity contribution in [3.05, 3.63) is 53.1 Å². The number of ether oxygens (including phenoxy) is 1. The van der Waals surface area contributed by atoms with Gasteiger partial charge in [-0.25, -0.2) is 0 Å². The van der Waals surface area contributed by atoms with Crippen molar-refractivity contribution >= 4 is 11.6 Å². The van der Waals surface area contributed by atoms with Crippen molar-refractivity contribution in [1.29, 1.82) is 0 Å². The first-order chi connectivity index (χ1) is 10.9. The van der Waals surface area contributed by atoms with Crippen LogP contribution in [0.4, 0.5) is 5.69 Å². The van der Waals surface area contributed by atoms with Crippen molar-refractivity contribution < 1.29 is 14.6 Å². The van der Waals surface area contributed by atoms with E-state index >= 15 is 0 Å². The summed E-state index contributed by atoms with van der Waals surface area (Å²) in [6, 6.07) is 11.5. The minimum absolute atomic E-state index is 0.0208. The van der Waals surface area contributed by atoms with Gasteiger partial charge in [0.15, 0.2) is 11.5 Å². The molecular weight excluding hydrogens is 290 g/mol. The summed E-state index contributed by atoms with van der Waals surface area (Å²) >= 11 is 0. The second kappa shape index (κ2) is 4.51. The maximum absolute atomic E-state index is 13.1. The van der Waals surface area contributed by atoms with E-state index in [0.717, 1.165) is 17.7 Å². The van der Waals surface area contributed by atoms with Crippen LogP contribution in [-0.4, -0.2) is 24.2 Å². The number of nitrogens with zero attached hydrogens (tertiary/aromatic N) is 1. The highest BCUT2D eigenvalue weighted by Crippen LogP contribution is 2.48. The number of para-hydroxylation sites is 1. The first kappa shape index (κ1) is 14.1. The molecule has 1 unspecified atom stereocenters. The molecule has 4 heteroatoms. The number of methoxy groups -OCH3 is 1. The summed E-state index contributed by atoms with van der Waals surface area (Å²) in [5, 5.41) is 10.1. The Labute approximate surface area is 135 Å². The molecule has 4 rings (SSSR count). The zero-order chi connectivity index (χ0) is 16.4. The lowest BCUT2D eigenvalue weighted by molar-refractivity contribution is 0.0951. The molecule has 0 saturated carbocycles. The van der Waals surface area contributed by atoms with Crippen LogP contribution in [0.5, 0.6) is 11.5 Å². The van der Waals surface area contributed by atoms with Gasteiger partial charge in [-0.1, -0.05) is 32.0 Å². The third kappa shape index (κ3) is 1.75. The summed E-state index contributed by atoms with van der Waals surface area (Å²) in [5.41, 5.74) is 3.43. The highest BCUT2D eigenvalue weighted by Gasteiger charge is 2.49. The fourth-order valence-electron chi connectivity index (χ4n) is 3.97. The molecule has 2 aromatic carbocycles. The third-order valence-electron chi connectivity index (χ3n) is 5.27. The van der Waals surface area contributed by atoms with Gasteiger partial charge in [0.1, 0.15) is 0 Å². The molecule has 2 heterocycles. The Morgan fingerprint density at radius 3 is 2.74 bits per heavy atom. The van der Waals surface area contributed by atoms with Crippen LogP contribution in [0.1, 0.15) is 35.3 Å². The second-order valence-corrected chi connectivity index (χ2v) is 6.82. The Morgan fingerprint density at radius 1 is 1.26 bits per heavy atom. The van der Waals surface area contributed by atoms with Crippen molar-refractivity contribution in [1.82, 2.24) is 0 Å². The number of hydrogen-bond donors (Lipinski definition) is 1. The maximum atomic E-state index is 13.1. The lowest BCUT2D eigenvalue weighted by Gasteiger charge is -2.44. The van der Waals surface area contributed by atoms with Crippen molar-refractivity contribution in [3.63, 3.8) is 0 Å². The minimum atomic E-state index is -0.258. The summed E-state index contributed by atoms with van der Waals surface area (Å²) in [7, 11) is 1.49. The van der Waals surface area contributed by atoms with E-state index in [1.54, 1.807) is 12.1 Å². The third-order valence-corrected chi connectivity index (χ3v) is 5.27. The van der Waals surface area contributed by atoms with Gasteiger partial charge in [0.05, 0.1) is 13.2 Å². The van der Waals surface area contributed by atoms with E-state index in [2.05, 4.69) is 19.9 Å². The van der Waals surface area contributed by atoms with Crippen molar-refractivity contribution in [3.8, 4) is 11.5 Å². The molecule has 0 bridgehead atoms. The standard InChI is InChI=1S/C19H19NO3/c1-19(2)13-10-15(21)16(23-3)9-12(13)18(22)20-14-7-5-4-6-11(14)8-17(19)20/h4-7,9-10,17,21H,8H2,1-3H3. The predicted molar refractivity (Wildman–Crippen MR) is 88.4 cm³/mol. The number of phenols is 1. The van der Waals surface area contributed by atoms with E-state index in [9.17, 15) is 9.90 Å². The molecule has 0 saturated heterocycles. The summed E-state index contributed by atoms with van der Waals surface area (Å²) in [5.74, 6) is 0.391. The first-order valence-electron chi connectivity index (χ1n) is 7.78. The Bertz CT molecular complexity index is 825. The molecule has 1 N–H and O–H groups in total. The molecular formula is C19H19NO3. The number of benzene rings is 2. The molecule has 118 valence electrons. The minimum Gasteiger partial charge on any atom is -0.504 e. The molecule has 4 nitrogen and oxygen atoms in total. The fraction of sp³-hybridized carbons (Fsp3) is 0.316. The highest BCUT2D eigenvalue weighted by atomic mass is 16.5. The Hall–Kier alpha value is -2.49. The predicted octanol–water partition coefficient (Wildman–Crippen LogP) is 3.26. The van der Waals surface area contributed by atoms with Crippen LogP contribution in [0.15, 0.2) is 36.4 Å². The molecule has 1 amide bonds. The van der Waals surface area contributed by atoms with Gasteiger partial charge in [0, 0.05) is 16.7 Å². The van der Waals surface area contributed by atoms with E-state index in [1.807, 2.05) is 23.1 Å². The van der Waals surface area contributed by atoms with Crippen molar-refractivity contribution in [2.24, 2.45) is 0 Å². The second-order valence-electron chi connectivity index (χ2n) is 6.82. The van der Waals surface area contributed by atoms with Crippen LogP contribution in [0.2, 0.25) is 0 Å². The molecule has 2 aliphatic heterocycles. The number of anilines is 1.